The van der Waals surface area contributed by atoms with Crippen LogP contribution in [-0.2, 0) is 18.3 Å². The SMILES string of the molecule is CNC(C(=O)NCCc1c[nH]c2ccc(Cl)cc12)c1cnn(C)c1. The minimum Gasteiger partial charge on any atom is -0.361 e. The van der Waals surface area contributed by atoms with E-state index in [1.807, 2.05) is 37.6 Å². The molecule has 1 amide bonds. The maximum Gasteiger partial charge on any atom is 0.241 e. The number of nitrogens with zero attached hydrogens (tertiary/aromatic N) is 2. The highest BCUT2D eigenvalue weighted by Crippen LogP contribution is 2.22. The molecule has 6 nitrogen and oxygen atoms in total. The largest absolute Gasteiger partial charge is 0.361 e. The zero-order valence-electron chi connectivity index (χ0n) is 13.6. The lowest BCUT2D eigenvalue weighted by Crippen LogP contribution is -2.36. The molecule has 1 unspecified atom stereocenters. The van der Waals surface area contributed by atoms with Gasteiger partial charge in [-0.2, -0.15) is 5.10 Å². The molecular formula is C17H20ClN5O. The third-order valence-electron chi connectivity index (χ3n) is 4.03. The van der Waals surface area contributed by atoms with Crippen molar-refractivity contribution in [2.24, 2.45) is 7.05 Å². The number of fused-ring (bicyclic) bond motifs is 1. The molecule has 24 heavy (non-hydrogen) atoms. The van der Waals surface area contributed by atoms with Gasteiger partial charge in [-0.15, -0.1) is 0 Å². The van der Waals surface area contributed by atoms with Crippen molar-refractivity contribution in [2.45, 2.75) is 12.5 Å². The van der Waals surface area contributed by atoms with E-state index in [2.05, 4.69) is 20.7 Å². The van der Waals surface area contributed by atoms with Crippen LogP contribution in [0.25, 0.3) is 10.9 Å². The van der Waals surface area contributed by atoms with Crippen molar-refractivity contribution >= 4 is 28.4 Å². The standard InChI is InChI=1S/C17H20ClN5O/c1-19-16(12-9-22-23(2)10-12)17(24)20-6-5-11-8-21-15-4-3-13(18)7-14(11)15/h3-4,7-10,16,19,21H,5-6H2,1-2H3,(H,20,24). The van der Waals surface area contributed by atoms with E-state index in [-0.39, 0.29) is 5.91 Å². The Balaban J connectivity index is 1.62. The number of hydrogen-bond acceptors (Lipinski definition) is 3. The highest BCUT2D eigenvalue weighted by Gasteiger charge is 2.19. The van der Waals surface area contributed by atoms with Crippen LogP contribution in [0, 0.1) is 0 Å². The summed E-state index contributed by atoms with van der Waals surface area (Å²) in [4.78, 5) is 15.6. The van der Waals surface area contributed by atoms with Crippen LogP contribution >= 0.6 is 11.6 Å². The fourth-order valence-corrected chi connectivity index (χ4v) is 2.99. The van der Waals surface area contributed by atoms with Gasteiger partial charge in [0.05, 0.1) is 6.20 Å². The number of carbonyl (C=O) groups excluding carboxylic acids is 1. The molecule has 2 aromatic heterocycles. The number of carbonyl (C=O) groups is 1. The summed E-state index contributed by atoms with van der Waals surface area (Å²) in [5.74, 6) is -0.0663. The second-order valence-electron chi connectivity index (χ2n) is 5.71. The predicted molar refractivity (Wildman–Crippen MR) is 95.0 cm³/mol. The van der Waals surface area contributed by atoms with Crippen LogP contribution in [0.15, 0.2) is 36.8 Å². The van der Waals surface area contributed by atoms with E-state index >= 15 is 0 Å². The third-order valence-corrected chi connectivity index (χ3v) is 4.27. The van der Waals surface area contributed by atoms with Gasteiger partial charge >= 0.3 is 0 Å². The van der Waals surface area contributed by atoms with Gasteiger partial charge in [0, 0.05) is 47.5 Å². The predicted octanol–water partition coefficient (Wildman–Crippen LogP) is 2.17. The molecule has 3 N–H and O–H groups in total. The van der Waals surface area contributed by atoms with E-state index in [1.54, 1.807) is 17.9 Å². The van der Waals surface area contributed by atoms with Gasteiger partial charge in [-0.3, -0.25) is 9.48 Å². The Morgan fingerprint density at radius 2 is 2.29 bits per heavy atom. The van der Waals surface area contributed by atoms with Crippen LogP contribution in [0.5, 0.6) is 0 Å². The van der Waals surface area contributed by atoms with Crippen LogP contribution in [0.3, 0.4) is 0 Å². The summed E-state index contributed by atoms with van der Waals surface area (Å²) in [7, 11) is 3.59. The van der Waals surface area contributed by atoms with Gasteiger partial charge in [0.2, 0.25) is 5.91 Å². The summed E-state index contributed by atoms with van der Waals surface area (Å²) in [5.41, 5.74) is 3.02. The van der Waals surface area contributed by atoms with E-state index in [0.717, 1.165) is 28.5 Å². The van der Waals surface area contributed by atoms with Crippen LogP contribution in [0.1, 0.15) is 17.2 Å². The third kappa shape index (κ3) is 3.44. The van der Waals surface area contributed by atoms with Gasteiger partial charge < -0.3 is 15.6 Å². The number of benzene rings is 1. The van der Waals surface area contributed by atoms with Crippen LogP contribution in [0.2, 0.25) is 5.02 Å². The quantitative estimate of drug-likeness (QED) is 0.641. The Hall–Kier alpha value is -2.31. The van der Waals surface area contributed by atoms with Crippen molar-refractivity contribution in [3.63, 3.8) is 0 Å². The van der Waals surface area contributed by atoms with Gasteiger partial charge in [0.1, 0.15) is 6.04 Å². The Morgan fingerprint density at radius 3 is 3.00 bits per heavy atom. The van der Waals surface area contributed by atoms with Crippen LogP contribution < -0.4 is 10.6 Å². The molecular weight excluding hydrogens is 326 g/mol. The molecule has 7 heteroatoms. The number of aromatic nitrogens is 3. The van der Waals surface area contributed by atoms with Gasteiger partial charge in [-0.25, -0.2) is 0 Å². The maximum absolute atomic E-state index is 12.4. The van der Waals surface area contributed by atoms with Gasteiger partial charge in [0.15, 0.2) is 0 Å². The van der Waals surface area contributed by atoms with Crippen LogP contribution in [0.4, 0.5) is 0 Å². The summed E-state index contributed by atoms with van der Waals surface area (Å²) in [5, 5.41) is 11.9. The Morgan fingerprint density at radius 1 is 1.46 bits per heavy atom. The molecule has 0 radical (unpaired) electrons. The number of H-pyrrole nitrogens is 1. The number of aryl methyl sites for hydroxylation is 1. The number of nitrogens with one attached hydrogen (secondary N) is 3. The number of likely N-dealkylation sites (N-methyl/N-ethyl adjacent to an activating group) is 1. The average molecular weight is 346 g/mol. The minimum atomic E-state index is -0.406. The number of rotatable bonds is 6. The van der Waals surface area contributed by atoms with Gasteiger partial charge in [0.25, 0.3) is 0 Å². The first kappa shape index (κ1) is 16.5. The van der Waals surface area contributed by atoms with Crippen molar-refractivity contribution in [2.75, 3.05) is 13.6 Å². The first-order chi connectivity index (χ1) is 11.6. The minimum absolute atomic E-state index is 0.0663. The summed E-state index contributed by atoms with van der Waals surface area (Å²) < 4.78 is 1.68. The average Bonchev–Trinajstić information content (AvgIpc) is 3.15. The van der Waals surface area contributed by atoms with Crippen molar-refractivity contribution in [1.82, 2.24) is 25.4 Å². The molecule has 2 heterocycles. The lowest BCUT2D eigenvalue weighted by molar-refractivity contribution is -0.123. The smallest absolute Gasteiger partial charge is 0.241 e. The van der Waals surface area contributed by atoms with Crippen molar-refractivity contribution < 1.29 is 4.79 Å². The first-order valence-corrected chi connectivity index (χ1v) is 8.15. The van der Waals surface area contributed by atoms with Crippen LogP contribution in [-0.4, -0.2) is 34.3 Å². The second kappa shape index (κ2) is 7.07. The lowest BCUT2D eigenvalue weighted by Gasteiger charge is -2.14. The summed E-state index contributed by atoms with van der Waals surface area (Å²) in [6.45, 7) is 0.552. The molecule has 1 atom stereocenters. The molecule has 1 aromatic carbocycles. The molecule has 3 aromatic rings. The summed E-state index contributed by atoms with van der Waals surface area (Å²) >= 11 is 6.06. The number of halogens is 1. The van der Waals surface area contributed by atoms with Gasteiger partial charge in [-0.05, 0) is 37.2 Å². The molecule has 126 valence electrons. The highest BCUT2D eigenvalue weighted by atomic mass is 35.5. The number of hydrogen-bond donors (Lipinski definition) is 3. The van der Waals surface area contributed by atoms with Gasteiger partial charge in [-0.1, -0.05) is 11.6 Å². The molecule has 0 aliphatic rings. The second-order valence-corrected chi connectivity index (χ2v) is 6.15. The molecule has 0 fully saturated rings. The Labute approximate surface area is 145 Å². The fourth-order valence-electron chi connectivity index (χ4n) is 2.82. The Kier molecular flexibility index (Phi) is 4.87. The zero-order chi connectivity index (χ0) is 17.1. The molecule has 0 bridgehead atoms. The fraction of sp³-hybridized carbons (Fsp3) is 0.294. The molecule has 0 saturated carbocycles. The Bertz CT molecular complexity index is 854. The molecule has 3 rings (SSSR count). The molecule has 0 aliphatic carbocycles. The monoisotopic (exact) mass is 345 g/mol. The molecule has 0 spiro atoms. The summed E-state index contributed by atoms with van der Waals surface area (Å²) in [6, 6.07) is 5.35. The number of aromatic amines is 1. The van der Waals surface area contributed by atoms with Crippen molar-refractivity contribution in [1.29, 1.82) is 0 Å². The molecule has 0 aliphatic heterocycles. The van der Waals surface area contributed by atoms with E-state index in [0.29, 0.717) is 11.6 Å². The maximum atomic E-state index is 12.4. The van der Waals surface area contributed by atoms with E-state index in [9.17, 15) is 4.79 Å². The zero-order valence-corrected chi connectivity index (χ0v) is 14.4. The topological polar surface area (TPSA) is 74.7 Å². The summed E-state index contributed by atoms with van der Waals surface area (Å²) in [6.07, 6.45) is 6.23. The van der Waals surface area contributed by atoms with Crippen molar-refractivity contribution in [3.05, 3.63) is 52.9 Å². The lowest BCUT2D eigenvalue weighted by atomic mass is 10.1. The van der Waals surface area contributed by atoms with E-state index < -0.39 is 6.04 Å². The van der Waals surface area contributed by atoms with E-state index in [1.165, 1.54) is 0 Å². The first-order valence-electron chi connectivity index (χ1n) is 7.77. The molecule has 0 saturated heterocycles. The van der Waals surface area contributed by atoms with E-state index in [4.69, 9.17) is 11.6 Å². The number of amides is 1. The van der Waals surface area contributed by atoms with Crippen molar-refractivity contribution in [3.8, 4) is 0 Å². The normalized spacial score (nSPS) is 12.5. The highest BCUT2D eigenvalue weighted by molar-refractivity contribution is 6.31.